The molecular formula is C14H8ClF2NO. The molecule has 0 radical (unpaired) electrons. The summed E-state index contributed by atoms with van der Waals surface area (Å²) in [4.78, 5) is 0. The largest absolute Gasteiger partial charge is 0.487 e. The van der Waals surface area contributed by atoms with E-state index in [2.05, 4.69) is 0 Å². The Morgan fingerprint density at radius 1 is 1.16 bits per heavy atom. The number of hydrogen-bond acceptors (Lipinski definition) is 2. The summed E-state index contributed by atoms with van der Waals surface area (Å²) in [6.07, 6.45) is 0. The minimum absolute atomic E-state index is 0.0527. The van der Waals surface area contributed by atoms with Crippen LogP contribution in [0.2, 0.25) is 5.02 Å². The third-order valence-corrected chi connectivity index (χ3v) is 2.75. The normalized spacial score (nSPS) is 10.0. The molecule has 0 amide bonds. The summed E-state index contributed by atoms with van der Waals surface area (Å²) in [6, 6.07) is 9.62. The van der Waals surface area contributed by atoms with Crippen LogP contribution in [0.25, 0.3) is 0 Å². The maximum atomic E-state index is 13.6. The third kappa shape index (κ3) is 3.21. The van der Waals surface area contributed by atoms with Crippen LogP contribution in [0.5, 0.6) is 5.75 Å². The van der Waals surface area contributed by atoms with Gasteiger partial charge in [-0.15, -0.1) is 0 Å². The number of hydrogen-bond donors (Lipinski definition) is 0. The van der Waals surface area contributed by atoms with Crippen LogP contribution in [-0.4, -0.2) is 0 Å². The van der Waals surface area contributed by atoms with Crippen molar-refractivity contribution in [3.8, 4) is 11.8 Å². The SMILES string of the molecule is N#Cc1ccc(COc2ccc(F)cc2Cl)c(F)c1. The standard InChI is InChI=1S/C14H8ClF2NO/c15-12-6-11(16)3-4-14(12)19-8-10-2-1-9(7-18)5-13(10)17/h1-6H,8H2. The summed E-state index contributed by atoms with van der Waals surface area (Å²) in [6.45, 7) is -0.0527. The first-order chi connectivity index (χ1) is 9.10. The average Bonchev–Trinajstić information content (AvgIpc) is 2.39. The molecule has 0 bridgehead atoms. The van der Waals surface area contributed by atoms with Gasteiger partial charge in [0.1, 0.15) is 24.0 Å². The van der Waals surface area contributed by atoms with Crippen molar-refractivity contribution in [2.45, 2.75) is 6.61 Å². The number of nitrogens with zero attached hydrogens (tertiary/aromatic N) is 1. The first kappa shape index (κ1) is 13.3. The quantitative estimate of drug-likeness (QED) is 0.848. The predicted octanol–water partition coefficient (Wildman–Crippen LogP) is 4.07. The highest BCUT2D eigenvalue weighted by Crippen LogP contribution is 2.26. The summed E-state index contributed by atoms with van der Waals surface area (Å²) < 4.78 is 31.7. The second kappa shape index (κ2) is 5.68. The molecule has 96 valence electrons. The van der Waals surface area contributed by atoms with E-state index >= 15 is 0 Å². The summed E-state index contributed by atoms with van der Waals surface area (Å²) in [5.74, 6) is -0.731. The van der Waals surface area contributed by atoms with Crippen molar-refractivity contribution in [3.05, 3.63) is 64.2 Å². The first-order valence-electron chi connectivity index (χ1n) is 5.36. The average molecular weight is 280 g/mol. The van der Waals surface area contributed by atoms with Crippen molar-refractivity contribution in [2.75, 3.05) is 0 Å². The predicted molar refractivity (Wildman–Crippen MR) is 66.9 cm³/mol. The van der Waals surface area contributed by atoms with E-state index in [1.807, 2.05) is 6.07 Å². The number of nitriles is 1. The van der Waals surface area contributed by atoms with Gasteiger partial charge in [0.15, 0.2) is 0 Å². The minimum atomic E-state index is -0.530. The lowest BCUT2D eigenvalue weighted by molar-refractivity contribution is 0.299. The fraction of sp³-hybridized carbons (Fsp3) is 0.0714. The zero-order valence-corrected chi connectivity index (χ0v) is 10.4. The van der Waals surface area contributed by atoms with Crippen molar-refractivity contribution in [1.82, 2.24) is 0 Å². The van der Waals surface area contributed by atoms with E-state index < -0.39 is 11.6 Å². The van der Waals surface area contributed by atoms with E-state index in [-0.39, 0.29) is 22.9 Å². The van der Waals surface area contributed by atoms with Gasteiger partial charge in [0.25, 0.3) is 0 Å². The highest BCUT2D eigenvalue weighted by atomic mass is 35.5. The third-order valence-electron chi connectivity index (χ3n) is 2.46. The lowest BCUT2D eigenvalue weighted by Gasteiger charge is -2.08. The second-order valence-electron chi connectivity index (χ2n) is 3.78. The van der Waals surface area contributed by atoms with Gasteiger partial charge in [0.05, 0.1) is 16.7 Å². The molecule has 0 saturated carbocycles. The van der Waals surface area contributed by atoms with E-state index in [1.54, 1.807) is 0 Å². The summed E-state index contributed by atoms with van der Waals surface area (Å²) in [7, 11) is 0. The zero-order chi connectivity index (χ0) is 13.8. The van der Waals surface area contributed by atoms with Gasteiger partial charge < -0.3 is 4.74 Å². The molecule has 0 unspecified atom stereocenters. The molecule has 0 atom stereocenters. The maximum absolute atomic E-state index is 13.6. The lowest BCUT2D eigenvalue weighted by atomic mass is 10.1. The highest BCUT2D eigenvalue weighted by molar-refractivity contribution is 6.32. The molecule has 0 fully saturated rings. The molecule has 2 rings (SSSR count). The molecule has 0 aliphatic carbocycles. The van der Waals surface area contributed by atoms with Gasteiger partial charge in [0, 0.05) is 5.56 Å². The maximum Gasteiger partial charge on any atom is 0.138 e. The first-order valence-corrected chi connectivity index (χ1v) is 5.74. The van der Waals surface area contributed by atoms with Crippen LogP contribution < -0.4 is 4.74 Å². The molecular weight excluding hydrogens is 272 g/mol. The molecule has 19 heavy (non-hydrogen) atoms. The summed E-state index contributed by atoms with van der Waals surface area (Å²) >= 11 is 5.78. The Morgan fingerprint density at radius 2 is 1.95 bits per heavy atom. The van der Waals surface area contributed by atoms with Crippen molar-refractivity contribution >= 4 is 11.6 Å². The van der Waals surface area contributed by atoms with Gasteiger partial charge in [-0.05, 0) is 30.3 Å². The van der Waals surface area contributed by atoms with Crippen LogP contribution in [-0.2, 0) is 6.61 Å². The molecule has 0 aromatic heterocycles. The highest BCUT2D eigenvalue weighted by Gasteiger charge is 2.07. The number of ether oxygens (including phenoxy) is 1. The van der Waals surface area contributed by atoms with Crippen LogP contribution in [0.4, 0.5) is 8.78 Å². The van der Waals surface area contributed by atoms with Crippen LogP contribution >= 0.6 is 11.6 Å². The molecule has 0 heterocycles. The van der Waals surface area contributed by atoms with Gasteiger partial charge in [0.2, 0.25) is 0 Å². The Labute approximate surface area is 113 Å². The van der Waals surface area contributed by atoms with Crippen molar-refractivity contribution in [3.63, 3.8) is 0 Å². The van der Waals surface area contributed by atoms with Gasteiger partial charge in [-0.1, -0.05) is 17.7 Å². The van der Waals surface area contributed by atoms with Crippen molar-refractivity contribution in [1.29, 1.82) is 5.26 Å². The Bertz CT molecular complexity index is 652. The molecule has 2 aromatic carbocycles. The Hall–Kier alpha value is -2.12. The smallest absolute Gasteiger partial charge is 0.138 e. The monoisotopic (exact) mass is 279 g/mol. The summed E-state index contributed by atoms with van der Waals surface area (Å²) in [5, 5.41) is 8.74. The topological polar surface area (TPSA) is 33.0 Å². The van der Waals surface area contributed by atoms with E-state index in [0.29, 0.717) is 5.56 Å². The fourth-order valence-electron chi connectivity index (χ4n) is 1.48. The molecule has 0 aliphatic rings. The number of rotatable bonds is 3. The molecule has 2 aromatic rings. The van der Waals surface area contributed by atoms with Crippen molar-refractivity contribution < 1.29 is 13.5 Å². The second-order valence-corrected chi connectivity index (χ2v) is 4.19. The fourth-order valence-corrected chi connectivity index (χ4v) is 1.70. The Morgan fingerprint density at radius 3 is 2.58 bits per heavy atom. The number of benzene rings is 2. The van der Waals surface area contributed by atoms with Gasteiger partial charge in [-0.25, -0.2) is 8.78 Å². The molecule has 0 spiro atoms. The van der Waals surface area contributed by atoms with E-state index in [1.165, 1.54) is 24.3 Å². The van der Waals surface area contributed by atoms with Gasteiger partial charge in [-0.3, -0.25) is 0 Å². The number of halogens is 3. The molecule has 2 nitrogen and oxygen atoms in total. The van der Waals surface area contributed by atoms with Crippen LogP contribution in [0.15, 0.2) is 36.4 Å². The molecule has 5 heteroatoms. The summed E-state index contributed by atoms with van der Waals surface area (Å²) in [5.41, 5.74) is 0.528. The van der Waals surface area contributed by atoms with Gasteiger partial charge in [-0.2, -0.15) is 5.26 Å². The lowest BCUT2D eigenvalue weighted by Crippen LogP contribution is -1.99. The molecule has 0 saturated heterocycles. The van der Waals surface area contributed by atoms with E-state index in [9.17, 15) is 8.78 Å². The van der Waals surface area contributed by atoms with E-state index in [0.717, 1.165) is 12.1 Å². The van der Waals surface area contributed by atoms with Crippen LogP contribution in [0, 0.1) is 23.0 Å². The van der Waals surface area contributed by atoms with Gasteiger partial charge >= 0.3 is 0 Å². The molecule has 0 N–H and O–H groups in total. The molecule has 0 aliphatic heterocycles. The zero-order valence-electron chi connectivity index (χ0n) is 9.66. The van der Waals surface area contributed by atoms with Crippen molar-refractivity contribution in [2.24, 2.45) is 0 Å². The van der Waals surface area contributed by atoms with Crippen LogP contribution in [0.3, 0.4) is 0 Å². The Kier molecular flexibility index (Phi) is 3.98. The van der Waals surface area contributed by atoms with E-state index in [4.69, 9.17) is 21.6 Å². The van der Waals surface area contributed by atoms with Crippen LogP contribution in [0.1, 0.15) is 11.1 Å². The minimum Gasteiger partial charge on any atom is -0.487 e. The Balaban J connectivity index is 2.13.